The summed E-state index contributed by atoms with van der Waals surface area (Å²) in [7, 11) is 1.68. The maximum atomic E-state index is 5.93. The summed E-state index contributed by atoms with van der Waals surface area (Å²) in [5.74, 6) is 0.995. The Hall–Kier alpha value is -1.82. The molecule has 2 N–H and O–H groups in total. The second-order valence-electron chi connectivity index (χ2n) is 3.17. The fourth-order valence-corrected chi connectivity index (χ4v) is 1.33. The highest BCUT2D eigenvalue weighted by Gasteiger charge is 2.05. The van der Waals surface area contributed by atoms with Crippen molar-refractivity contribution in [3.63, 3.8) is 0 Å². The van der Waals surface area contributed by atoms with Crippen LogP contribution in [-0.4, -0.2) is 20.2 Å². The number of aromatic nitrogens is 4. The molecule has 1 heterocycles. The van der Waals surface area contributed by atoms with Gasteiger partial charge in [-0.1, -0.05) is 11.6 Å². The Morgan fingerprint density at radius 3 is 3.00 bits per heavy atom. The molecule has 1 aromatic carbocycles. The van der Waals surface area contributed by atoms with Crippen LogP contribution in [0.4, 0.5) is 5.69 Å². The fraction of sp³-hybridized carbons (Fsp3) is 0.222. The summed E-state index contributed by atoms with van der Waals surface area (Å²) in [6.45, 7) is 0.205. The fourth-order valence-electron chi connectivity index (χ4n) is 1.15. The van der Waals surface area contributed by atoms with Crippen molar-refractivity contribution in [3.05, 3.63) is 29.0 Å². The van der Waals surface area contributed by atoms with Gasteiger partial charge in [-0.3, -0.25) is 0 Å². The van der Waals surface area contributed by atoms with Gasteiger partial charge in [0.25, 0.3) is 0 Å². The number of nitrogen functional groups attached to an aromatic ring is 1. The first-order valence-corrected chi connectivity index (χ1v) is 4.93. The van der Waals surface area contributed by atoms with Gasteiger partial charge in [0, 0.05) is 11.8 Å². The average Bonchev–Trinajstić information content (AvgIpc) is 2.66. The predicted octanol–water partition coefficient (Wildman–Crippen LogP) is 1.02. The van der Waals surface area contributed by atoms with Crippen molar-refractivity contribution in [2.75, 3.05) is 5.73 Å². The van der Waals surface area contributed by atoms with Crippen LogP contribution in [0.3, 0.4) is 0 Å². The molecule has 84 valence electrons. The van der Waals surface area contributed by atoms with E-state index in [1.807, 2.05) is 0 Å². The molecule has 2 aromatic rings. The molecule has 16 heavy (non-hydrogen) atoms. The van der Waals surface area contributed by atoms with Crippen LogP contribution >= 0.6 is 11.6 Å². The Balaban J connectivity index is 2.07. The average molecular weight is 240 g/mol. The summed E-state index contributed by atoms with van der Waals surface area (Å²) in [5.41, 5.74) is 6.20. The van der Waals surface area contributed by atoms with Gasteiger partial charge in [-0.25, -0.2) is 0 Å². The Morgan fingerprint density at radius 1 is 1.50 bits per heavy atom. The standard InChI is InChI=1S/C9H10ClN5O/c1-15-13-9(12-14-15)5-16-8-4-6(11)2-3-7(8)10/h2-4H,5,11H2,1H3. The van der Waals surface area contributed by atoms with Gasteiger partial charge in [-0.05, 0) is 17.3 Å². The molecular formula is C9H10ClN5O. The molecule has 6 nitrogen and oxygen atoms in total. The number of hydrogen-bond acceptors (Lipinski definition) is 5. The summed E-state index contributed by atoms with van der Waals surface area (Å²) in [6, 6.07) is 5.03. The van der Waals surface area contributed by atoms with E-state index in [2.05, 4.69) is 15.4 Å². The zero-order chi connectivity index (χ0) is 11.5. The Bertz CT molecular complexity index is 498. The Kier molecular flexibility index (Phi) is 2.91. The summed E-state index contributed by atoms with van der Waals surface area (Å²) in [5, 5.41) is 11.9. The maximum Gasteiger partial charge on any atom is 0.212 e. The minimum atomic E-state index is 0.205. The third kappa shape index (κ3) is 2.40. The van der Waals surface area contributed by atoms with Gasteiger partial charge in [0.05, 0.1) is 12.1 Å². The predicted molar refractivity (Wildman–Crippen MR) is 59.0 cm³/mol. The number of anilines is 1. The maximum absolute atomic E-state index is 5.93. The van der Waals surface area contributed by atoms with Crippen molar-refractivity contribution >= 4 is 17.3 Å². The number of rotatable bonds is 3. The van der Waals surface area contributed by atoms with E-state index in [-0.39, 0.29) is 6.61 Å². The largest absolute Gasteiger partial charge is 0.484 e. The van der Waals surface area contributed by atoms with Crippen LogP contribution in [0.2, 0.25) is 5.02 Å². The Morgan fingerprint density at radius 2 is 2.31 bits per heavy atom. The molecule has 0 radical (unpaired) electrons. The molecule has 0 spiro atoms. The molecule has 0 bridgehead atoms. The lowest BCUT2D eigenvalue weighted by molar-refractivity contribution is 0.295. The first-order valence-electron chi connectivity index (χ1n) is 4.56. The zero-order valence-electron chi connectivity index (χ0n) is 8.59. The second kappa shape index (κ2) is 4.36. The third-order valence-corrected chi connectivity index (χ3v) is 2.17. The summed E-state index contributed by atoms with van der Waals surface area (Å²) < 4.78 is 5.43. The number of nitrogens with two attached hydrogens (primary N) is 1. The molecule has 0 unspecified atom stereocenters. The molecule has 0 aliphatic rings. The molecule has 0 amide bonds. The van der Waals surface area contributed by atoms with E-state index in [4.69, 9.17) is 22.1 Å². The molecule has 0 saturated carbocycles. The zero-order valence-corrected chi connectivity index (χ0v) is 9.35. The van der Waals surface area contributed by atoms with E-state index in [9.17, 15) is 0 Å². The van der Waals surface area contributed by atoms with E-state index < -0.39 is 0 Å². The van der Waals surface area contributed by atoms with Crippen LogP contribution in [0, 0.1) is 0 Å². The number of nitrogens with zero attached hydrogens (tertiary/aromatic N) is 4. The van der Waals surface area contributed by atoms with E-state index >= 15 is 0 Å². The number of aryl methyl sites for hydroxylation is 1. The van der Waals surface area contributed by atoms with Crippen molar-refractivity contribution in [3.8, 4) is 5.75 Å². The molecule has 0 aliphatic heterocycles. The van der Waals surface area contributed by atoms with Gasteiger partial charge in [0.1, 0.15) is 5.75 Å². The minimum Gasteiger partial charge on any atom is -0.484 e. The van der Waals surface area contributed by atoms with E-state index in [1.165, 1.54) is 4.80 Å². The van der Waals surface area contributed by atoms with Crippen molar-refractivity contribution in [2.45, 2.75) is 6.61 Å². The van der Waals surface area contributed by atoms with Crippen LogP contribution in [0.25, 0.3) is 0 Å². The van der Waals surface area contributed by atoms with E-state index in [0.29, 0.717) is 22.3 Å². The summed E-state index contributed by atoms with van der Waals surface area (Å²) >= 11 is 5.93. The van der Waals surface area contributed by atoms with Crippen molar-refractivity contribution in [2.24, 2.45) is 7.05 Å². The quantitative estimate of drug-likeness (QED) is 0.810. The second-order valence-corrected chi connectivity index (χ2v) is 3.58. The summed E-state index contributed by atoms with van der Waals surface area (Å²) in [4.78, 5) is 1.36. The third-order valence-electron chi connectivity index (χ3n) is 1.86. The first kappa shape index (κ1) is 10.7. The normalized spacial score (nSPS) is 10.4. The van der Waals surface area contributed by atoms with Gasteiger partial charge in [-0.2, -0.15) is 4.80 Å². The number of halogens is 1. The van der Waals surface area contributed by atoms with Crippen molar-refractivity contribution in [1.29, 1.82) is 0 Å². The van der Waals surface area contributed by atoms with Crippen molar-refractivity contribution < 1.29 is 4.74 Å². The molecule has 0 aliphatic carbocycles. The monoisotopic (exact) mass is 239 g/mol. The van der Waals surface area contributed by atoms with Crippen LogP contribution < -0.4 is 10.5 Å². The molecule has 1 aromatic heterocycles. The minimum absolute atomic E-state index is 0.205. The molecule has 2 rings (SSSR count). The molecule has 0 fully saturated rings. The molecule has 0 atom stereocenters. The van der Waals surface area contributed by atoms with Gasteiger partial charge < -0.3 is 10.5 Å². The Labute approximate surface area is 97.0 Å². The number of ether oxygens (including phenoxy) is 1. The lowest BCUT2D eigenvalue weighted by atomic mass is 10.3. The number of benzene rings is 1. The smallest absolute Gasteiger partial charge is 0.212 e. The molecule has 0 saturated heterocycles. The van der Waals surface area contributed by atoms with E-state index in [0.717, 1.165) is 0 Å². The van der Waals surface area contributed by atoms with Crippen LogP contribution in [0.15, 0.2) is 18.2 Å². The topological polar surface area (TPSA) is 78.8 Å². The van der Waals surface area contributed by atoms with Gasteiger partial charge in [0.2, 0.25) is 5.82 Å². The highest BCUT2D eigenvalue weighted by atomic mass is 35.5. The lowest BCUT2D eigenvalue weighted by Crippen LogP contribution is -2.00. The SMILES string of the molecule is Cn1nnc(COc2cc(N)ccc2Cl)n1. The molecular weight excluding hydrogens is 230 g/mol. The number of tetrazole rings is 1. The van der Waals surface area contributed by atoms with Gasteiger partial charge in [-0.15, -0.1) is 10.2 Å². The highest BCUT2D eigenvalue weighted by molar-refractivity contribution is 6.32. The first-order chi connectivity index (χ1) is 7.65. The van der Waals surface area contributed by atoms with E-state index in [1.54, 1.807) is 25.2 Å². The van der Waals surface area contributed by atoms with Gasteiger partial charge >= 0.3 is 0 Å². The highest BCUT2D eigenvalue weighted by Crippen LogP contribution is 2.26. The lowest BCUT2D eigenvalue weighted by Gasteiger charge is -2.06. The van der Waals surface area contributed by atoms with Gasteiger partial charge in [0.15, 0.2) is 6.61 Å². The molecule has 7 heteroatoms. The van der Waals surface area contributed by atoms with Crippen molar-refractivity contribution in [1.82, 2.24) is 20.2 Å². The van der Waals surface area contributed by atoms with Crippen LogP contribution in [-0.2, 0) is 13.7 Å². The summed E-state index contributed by atoms with van der Waals surface area (Å²) in [6.07, 6.45) is 0. The number of hydrogen-bond donors (Lipinski definition) is 1. The van der Waals surface area contributed by atoms with Crippen LogP contribution in [0.5, 0.6) is 5.75 Å². The van der Waals surface area contributed by atoms with Crippen LogP contribution in [0.1, 0.15) is 5.82 Å².